The third-order valence-corrected chi connectivity index (χ3v) is 3.25. The highest BCUT2D eigenvalue weighted by Gasteiger charge is 2.12. The van der Waals surface area contributed by atoms with Crippen LogP contribution in [0.5, 0.6) is 0 Å². The maximum atomic E-state index is 10.9. The molecule has 0 aliphatic rings. The van der Waals surface area contributed by atoms with Gasteiger partial charge >= 0.3 is 5.97 Å². The lowest BCUT2D eigenvalue weighted by molar-refractivity contribution is 0.0625. The third-order valence-electron chi connectivity index (χ3n) is 2.31. The summed E-state index contributed by atoms with van der Waals surface area (Å²) in [5.74, 6) is -0.846. The number of hydrogen-bond donors (Lipinski definition) is 1. The predicted molar refractivity (Wildman–Crippen MR) is 68.7 cm³/mol. The molecule has 0 unspecified atom stereocenters. The highest BCUT2D eigenvalue weighted by molar-refractivity contribution is 7.12. The van der Waals surface area contributed by atoms with E-state index in [1.165, 1.54) is 11.3 Å². The molecule has 1 rings (SSSR count). The van der Waals surface area contributed by atoms with Gasteiger partial charge in [-0.15, -0.1) is 11.3 Å². The minimum Gasteiger partial charge on any atom is -0.477 e. The number of carboxylic acids is 1. The first-order valence-electron chi connectivity index (χ1n) is 5.60. The Morgan fingerprint density at radius 1 is 1.59 bits per heavy atom. The van der Waals surface area contributed by atoms with Gasteiger partial charge in [-0.1, -0.05) is 0 Å². The zero-order chi connectivity index (χ0) is 12.8. The average Bonchev–Trinajstić information content (AvgIpc) is 2.65. The Hall–Kier alpha value is -0.910. The van der Waals surface area contributed by atoms with E-state index in [0.717, 1.165) is 12.1 Å². The lowest BCUT2D eigenvalue weighted by Gasteiger charge is -2.17. The number of aromatic carboxylic acids is 1. The van der Waals surface area contributed by atoms with Crippen molar-refractivity contribution in [1.82, 2.24) is 4.90 Å². The first-order valence-corrected chi connectivity index (χ1v) is 6.48. The second-order valence-corrected chi connectivity index (χ2v) is 5.15. The van der Waals surface area contributed by atoms with Gasteiger partial charge in [-0.05, 0) is 37.9 Å². The first-order chi connectivity index (χ1) is 8.00. The number of rotatable bonds is 7. The maximum absolute atomic E-state index is 10.9. The summed E-state index contributed by atoms with van der Waals surface area (Å²) >= 11 is 1.27. The van der Waals surface area contributed by atoms with E-state index in [0.29, 0.717) is 18.0 Å². The molecule has 0 spiro atoms. The topological polar surface area (TPSA) is 49.8 Å². The first kappa shape index (κ1) is 14.2. The largest absolute Gasteiger partial charge is 0.477 e. The average molecular weight is 257 g/mol. The van der Waals surface area contributed by atoms with Gasteiger partial charge in [0, 0.05) is 13.1 Å². The Balaban J connectivity index is 2.42. The molecule has 0 atom stereocenters. The quantitative estimate of drug-likeness (QED) is 0.814. The molecule has 96 valence electrons. The molecule has 0 bridgehead atoms. The molecule has 0 aliphatic carbocycles. The van der Waals surface area contributed by atoms with Gasteiger partial charge in [0.15, 0.2) is 0 Å². The minimum absolute atomic E-state index is 0.235. The van der Waals surface area contributed by atoms with Gasteiger partial charge < -0.3 is 9.84 Å². The summed E-state index contributed by atoms with van der Waals surface area (Å²) in [6.07, 6.45) is 0.235. The molecular formula is C12H19NO3S. The Bertz CT molecular complexity index is 362. The van der Waals surface area contributed by atoms with E-state index in [1.807, 2.05) is 32.3 Å². The fourth-order valence-corrected chi connectivity index (χ4v) is 2.22. The Morgan fingerprint density at radius 3 is 2.88 bits per heavy atom. The van der Waals surface area contributed by atoms with Crippen molar-refractivity contribution < 1.29 is 14.6 Å². The van der Waals surface area contributed by atoms with Crippen LogP contribution in [0.25, 0.3) is 0 Å². The molecule has 0 saturated heterocycles. The van der Waals surface area contributed by atoms with Crippen LogP contribution in [0.4, 0.5) is 0 Å². The van der Waals surface area contributed by atoms with Crippen molar-refractivity contribution in [3.05, 3.63) is 21.9 Å². The number of hydrogen-bond acceptors (Lipinski definition) is 4. The van der Waals surface area contributed by atoms with E-state index in [4.69, 9.17) is 9.84 Å². The van der Waals surface area contributed by atoms with Gasteiger partial charge in [-0.2, -0.15) is 0 Å². The fraction of sp³-hybridized carbons (Fsp3) is 0.583. The van der Waals surface area contributed by atoms with Crippen molar-refractivity contribution in [2.45, 2.75) is 26.5 Å². The van der Waals surface area contributed by atoms with Crippen molar-refractivity contribution >= 4 is 17.3 Å². The molecule has 0 aromatic carbocycles. The van der Waals surface area contributed by atoms with Gasteiger partial charge in [-0.25, -0.2) is 4.79 Å². The highest BCUT2D eigenvalue weighted by Crippen LogP contribution is 2.18. The van der Waals surface area contributed by atoms with Crippen LogP contribution in [0.15, 0.2) is 11.4 Å². The highest BCUT2D eigenvalue weighted by atomic mass is 32.1. The summed E-state index contributed by atoms with van der Waals surface area (Å²) in [6, 6.07) is 1.87. The van der Waals surface area contributed by atoms with Crippen LogP contribution in [-0.2, 0) is 11.3 Å². The second kappa shape index (κ2) is 6.74. The number of carboxylic acid groups (broad SMARTS) is 1. The van der Waals surface area contributed by atoms with Crippen molar-refractivity contribution in [2.24, 2.45) is 0 Å². The monoisotopic (exact) mass is 257 g/mol. The molecule has 1 aromatic rings. The zero-order valence-electron chi connectivity index (χ0n) is 10.5. The van der Waals surface area contributed by atoms with Crippen molar-refractivity contribution in [3.8, 4) is 0 Å². The SMILES string of the molecule is CC(C)OCCN(C)Cc1ccsc1C(=O)O. The Kier molecular flexibility index (Phi) is 5.61. The summed E-state index contributed by atoms with van der Waals surface area (Å²) in [4.78, 5) is 13.4. The predicted octanol–water partition coefficient (Wildman–Crippen LogP) is 2.30. The molecule has 1 aromatic heterocycles. The van der Waals surface area contributed by atoms with Gasteiger partial charge in [0.05, 0.1) is 12.7 Å². The third kappa shape index (κ3) is 4.85. The lowest BCUT2D eigenvalue weighted by Crippen LogP contribution is -2.24. The smallest absolute Gasteiger partial charge is 0.346 e. The van der Waals surface area contributed by atoms with Gasteiger partial charge in [0.1, 0.15) is 4.88 Å². The molecule has 4 nitrogen and oxygen atoms in total. The van der Waals surface area contributed by atoms with E-state index in [1.54, 1.807) is 0 Å². The molecule has 0 radical (unpaired) electrons. The number of likely N-dealkylation sites (N-methyl/N-ethyl adjacent to an activating group) is 1. The van der Waals surface area contributed by atoms with E-state index < -0.39 is 5.97 Å². The maximum Gasteiger partial charge on any atom is 0.346 e. The molecule has 17 heavy (non-hydrogen) atoms. The molecule has 5 heteroatoms. The van der Waals surface area contributed by atoms with Crippen LogP contribution in [0, 0.1) is 0 Å². The van der Waals surface area contributed by atoms with Crippen molar-refractivity contribution in [2.75, 3.05) is 20.2 Å². The minimum atomic E-state index is -0.846. The second-order valence-electron chi connectivity index (χ2n) is 4.24. The number of thiophene rings is 1. The van der Waals surface area contributed by atoms with Gasteiger partial charge in [0.25, 0.3) is 0 Å². The Morgan fingerprint density at radius 2 is 2.29 bits per heavy atom. The van der Waals surface area contributed by atoms with Crippen molar-refractivity contribution in [3.63, 3.8) is 0 Å². The normalized spacial score (nSPS) is 11.4. The molecule has 0 aliphatic heterocycles. The van der Waals surface area contributed by atoms with Crippen LogP contribution < -0.4 is 0 Å². The molecular weight excluding hydrogens is 238 g/mol. The van der Waals surface area contributed by atoms with Crippen LogP contribution in [0.1, 0.15) is 29.1 Å². The number of ether oxygens (including phenoxy) is 1. The summed E-state index contributed by atoms with van der Waals surface area (Å²) in [7, 11) is 1.97. The summed E-state index contributed by atoms with van der Waals surface area (Å²) < 4.78 is 5.45. The summed E-state index contributed by atoms with van der Waals surface area (Å²) in [5.41, 5.74) is 0.870. The lowest BCUT2D eigenvalue weighted by atomic mass is 10.2. The molecule has 0 saturated carbocycles. The van der Waals surface area contributed by atoms with Gasteiger partial charge in [-0.3, -0.25) is 4.90 Å². The van der Waals surface area contributed by atoms with Crippen LogP contribution in [0.3, 0.4) is 0 Å². The molecule has 1 N–H and O–H groups in total. The van der Waals surface area contributed by atoms with E-state index in [-0.39, 0.29) is 6.10 Å². The van der Waals surface area contributed by atoms with Crippen LogP contribution >= 0.6 is 11.3 Å². The zero-order valence-corrected chi connectivity index (χ0v) is 11.3. The number of carbonyl (C=O) groups is 1. The summed E-state index contributed by atoms with van der Waals surface area (Å²) in [6.45, 7) is 6.11. The molecule has 1 heterocycles. The Labute approximate surface area is 106 Å². The summed E-state index contributed by atoms with van der Waals surface area (Å²) in [5, 5.41) is 10.8. The van der Waals surface area contributed by atoms with E-state index in [9.17, 15) is 4.79 Å². The van der Waals surface area contributed by atoms with E-state index >= 15 is 0 Å². The van der Waals surface area contributed by atoms with Gasteiger partial charge in [0.2, 0.25) is 0 Å². The molecule has 0 fully saturated rings. The van der Waals surface area contributed by atoms with Crippen LogP contribution in [0.2, 0.25) is 0 Å². The van der Waals surface area contributed by atoms with Crippen LogP contribution in [-0.4, -0.2) is 42.3 Å². The van der Waals surface area contributed by atoms with Crippen molar-refractivity contribution in [1.29, 1.82) is 0 Å². The van der Waals surface area contributed by atoms with E-state index in [2.05, 4.69) is 4.90 Å². The number of nitrogens with zero attached hydrogens (tertiary/aromatic N) is 1. The fourth-order valence-electron chi connectivity index (χ4n) is 1.46. The molecule has 0 amide bonds. The standard InChI is InChI=1S/C12H19NO3S/c1-9(2)16-6-5-13(3)8-10-4-7-17-11(10)12(14)15/h4,7,9H,5-6,8H2,1-3H3,(H,14,15).